The molecule has 4 aromatic rings. The molecule has 34 heavy (non-hydrogen) atoms. The van der Waals surface area contributed by atoms with E-state index in [4.69, 9.17) is 4.42 Å². The van der Waals surface area contributed by atoms with E-state index in [1.807, 2.05) is 24.3 Å². The van der Waals surface area contributed by atoms with E-state index in [-0.39, 0.29) is 28.4 Å². The summed E-state index contributed by atoms with van der Waals surface area (Å²) < 4.78 is 6.46. The molecule has 0 unspecified atom stereocenters. The SMILES string of the molecule is O=C(c1ccc(O)c(Br)c1)c1c(O)oc(C=C2C=Nc3ccccc32)c1-c1ccc(O)c(Br)c1. The molecule has 0 fully saturated rings. The van der Waals surface area contributed by atoms with Gasteiger partial charge in [0.1, 0.15) is 22.8 Å². The number of nitrogens with zero attached hydrogens (tertiary/aromatic N) is 1. The van der Waals surface area contributed by atoms with Gasteiger partial charge in [0.15, 0.2) is 0 Å². The van der Waals surface area contributed by atoms with Crippen LogP contribution in [0.5, 0.6) is 17.4 Å². The number of phenols is 2. The van der Waals surface area contributed by atoms with Gasteiger partial charge in [0.25, 0.3) is 5.95 Å². The molecule has 0 amide bonds. The van der Waals surface area contributed by atoms with E-state index >= 15 is 0 Å². The molecular formula is C26H15Br2NO5. The number of allylic oxidation sites excluding steroid dienone is 1. The van der Waals surface area contributed by atoms with E-state index in [0.29, 0.717) is 20.1 Å². The van der Waals surface area contributed by atoms with Crippen molar-refractivity contribution in [3.05, 3.63) is 92.1 Å². The van der Waals surface area contributed by atoms with Crippen molar-refractivity contribution in [2.24, 2.45) is 4.99 Å². The second-order valence-electron chi connectivity index (χ2n) is 7.56. The van der Waals surface area contributed by atoms with Gasteiger partial charge in [0.2, 0.25) is 5.78 Å². The Balaban J connectivity index is 1.73. The lowest BCUT2D eigenvalue weighted by Gasteiger charge is -2.08. The van der Waals surface area contributed by atoms with Crippen LogP contribution in [0.2, 0.25) is 0 Å². The quantitative estimate of drug-likeness (QED) is 0.224. The first-order chi connectivity index (χ1) is 16.3. The summed E-state index contributed by atoms with van der Waals surface area (Å²) in [4.78, 5) is 17.9. The maximum absolute atomic E-state index is 13.5. The van der Waals surface area contributed by atoms with Crippen LogP contribution in [0.1, 0.15) is 27.2 Å². The first-order valence-electron chi connectivity index (χ1n) is 10.1. The summed E-state index contributed by atoms with van der Waals surface area (Å²) in [7, 11) is 0. The fraction of sp³-hybridized carbons (Fsp3) is 0. The predicted octanol–water partition coefficient (Wildman–Crippen LogP) is 7.08. The zero-order chi connectivity index (χ0) is 24.0. The lowest BCUT2D eigenvalue weighted by atomic mass is 9.94. The highest BCUT2D eigenvalue weighted by Crippen LogP contribution is 2.43. The molecule has 1 aliphatic heterocycles. The third kappa shape index (κ3) is 3.85. The molecule has 2 heterocycles. The van der Waals surface area contributed by atoms with Gasteiger partial charge >= 0.3 is 0 Å². The van der Waals surface area contributed by atoms with E-state index in [2.05, 4.69) is 36.9 Å². The molecular weight excluding hydrogens is 566 g/mol. The number of halogens is 2. The van der Waals surface area contributed by atoms with E-state index in [1.54, 1.807) is 24.4 Å². The number of aliphatic imine (C=N–C) groups is 1. The number of fused-ring (bicyclic) bond motifs is 1. The first kappa shape index (κ1) is 22.2. The molecule has 0 atom stereocenters. The number of aromatic hydroxyl groups is 3. The molecule has 0 bridgehead atoms. The summed E-state index contributed by atoms with van der Waals surface area (Å²) in [6.45, 7) is 0. The monoisotopic (exact) mass is 579 g/mol. The van der Waals surface area contributed by atoms with Gasteiger partial charge in [0, 0.05) is 28.5 Å². The van der Waals surface area contributed by atoms with Crippen LogP contribution in [0.15, 0.2) is 79.0 Å². The molecule has 1 aliphatic rings. The molecule has 3 aromatic carbocycles. The van der Waals surface area contributed by atoms with Crippen molar-refractivity contribution in [1.82, 2.24) is 0 Å². The van der Waals surface area contributed by atoms with Crippen LogP contribution in [0, 0.1) is 0 Å². The molecule has 0 aliphatic carbocycles. The second-order valence-corrected chi connectivity index (χ2v) is 9.27. The van der Waals surface area contributed by atoms with Crippen molar-refractivity contribution < 1.29 is 24.5 Å². The Hall–Kier alpha value is -3.62. The summed E-state index contributed by atoms with van der Waals surface area (Å²) in [5.74, 6) is -0.756. The summed E-state index contributed by atoms with van der Waals surface area (Å²) in [5, 5.41) is 30.5. The third-order valence-electron chi connectivity index (χ3n) is 5.43. The fourth-order valence-corrected chi connectivity index (χ4v) is 4.54. The number of hydrogen-bond donors (Lipinski definition) is 3. The number of para-hydroxylation sites is 1. The minimum absolute atomic E-state index is 0.0136. The highest BCUT2D eigenvalue weighted by Gasteiger charge is 2.28. The van der Waals surface area contributed by atoms with Crippen molar-refractivity contribution in [3.63, 3.8) is 0 Å². The molecule has 0 spiro atoms. The van der Waals surface area contributed by atoms with E-state index in [1.165, 1.54) is 24.3 Å². The first-order valence-corrected chi connectivity index (χ1v) is 11.6. The normalized spacial score (nSPS) is 13.4. The summed E-state index contributed by atoms with van der Waals surface area (Å²) in [6, 6.07) is 16.7. The molecule has 8 heteroatoms. The molecule has 6 nitrogen and oxygen atoms in total. The fourth-order valence-electron chi connectivity index (χ4n) is 3.79. The topological polar surface area (TPSA) is 103 Å². The van der Waals surface area contributed by atoms with Gasteiger partial charge < -0.3 is 19.7 Å². The number of hydrogen-bond acceptors (Lipinski definition) is 6. The number of furan rings is 1. The Bertz CT molecular complexity index is 1530. The van der Waals surface area contributed by atoms with Crippen LogP contribution < -0.4 is 0 Å². The Morgan fingerprint density at radius 1 is 0.912 bits per heavy atom. The highest BCUT2D eigenvalue weighted by atomic mass is 79.9. The number of phenolic OH excluding ortho intramolecular Hbond substituents is 2. The van der Waals surface area contributed by atoms with Gasteiger partial charge in [-0.15, -0.1) is 0 Å². The van der Waals surface area contributed by atoms with Crippen LogP contribution in [0.25, 0.3) is 22.8 Å². The number of rotatable bonds is 4. The van der Waals surface area contributed by atoms with Crippen molar-refractivity contribution in [3.8, 4) is 28.6 Å². The van der Waals surface area contributed by atoms with Crippen molar-refractivity contribution >= 4 is 61.2 Å². The van der Waals surface area contributed by atoms with Crippen LogP contribution in [0.4, 0.5) is 5.69 Å². The minimum atomic E-state index is -0.538. The van der Waals surface area contributed by atoms with Crippen molar-refractivity contribution in [2.75, 3.05) is 0 Å². The van der Waals surface area contributed by atoms with Gasteiger partial charge in [-0.2, -0.15) is 0 Å². The van der Waals surface area contributed by atoms with E-state index in [9.17, 15) is 20.1 Å². The molecule has 0 radical (unpaired) electrons. The lowest BCUT2D eigenvalue weighted by Crippen LogP contribution is -2.02. The summed E-state index contributed by atoms with van der Waals surface area (Å²) >= 11 is 6.53. The molecule has 168 valence electrons. The van der Waals surface area contributed by atoms with Crippen molar-refractivity contribution in [2.45, 2.75) is 0 Å². The number of ketones is 1. The van der Waals surface area contributed by atoms with Gasteiger partial charge in [-0.25, -0.2) is 0 Å². The zero-order valence-electron chi connectivity index (χ0n) is 17.3. The number of benzene rings is 3. The van der Waals surface area contributed by atoms with Gasteiger partial charge in [0.05, 0.1) is 14.6 Å². The largest absolute Gasteiger partial charge is 0.507 e. The Morgan fingerprint density at radius 3 is 2.35 bits per heavy atom. The van der Waals surface area contributed by atoms with E-state index < -0.39 is 11.7 Å². The molecule has 3 N–H and O–H groups in total. The molecule has 0 saturated carbocycles. The molecule has 5 rings (SSSR count). The smallest absolute Gasteiger partial charge is 0.294 e. The Kier molecular flexibility index (Phi) is 5.63. The van der Waals surface area contributed by atoms with Crippen LogP contribution >= 0.6 is 31.9 Å². The minimum Gasteiger partial charge on any atom is -0.507 e. The Morgan fingerprint density at radius 2 is 1.62 bits per heavy atom. The molecule has 0 saturated heterocycles. The van der Waals surface area contributed by atoms with Crippen molar-refractivity contribution in [1.29, 1.82) is 0 Å². The van der Waals surface area contributed by atoms with E-state index in [0.717, 1.165) is 16.8 Å². The standard InChI is InChI=1S/C26H15Br2NO5/c27-17-9-13(5-7-20(17)30)23-22(11-15-12-29-19-4-2-1-3-16(15)19)34-26(33)24(23)25(32)14-6-8-21(31)18(28)10-14/h1-12,30-31,33H. The van der Waals surface area contributed by atoms with Crippen LogP contribution in [0.3, 0.4) is 0 Å². The van der Waals surface area contributed by atoms with Crippen LogP contribution in [-0.2, 0) is 0 Å². The zero-order valence-corrected chi connectivity index (χ0v) is 20.5. The maximum atomic E-state index is 13.5. The van der Waals surface area contributed by atoms with Crippen LogP contribution in [-0.4, -0.2) is 27.3 Å². The number of carbonyl (C=O) groups excluding carboxylic acids is 1. The summed E-state index contributed by atoms with van der Waals surface area (Å²) in [6.07, 6.45) is 3.41. The maximum Gasteiger partial charge on any atom is 0.294 e. The van der Waals surface area contributed by atoms with Gasteiger partial charge in [-0.1, -0.05) is 24.3 Å². The Labute approximate surface area is 210 Å². The average Bonchev–Trinajstić information content (AvgIpc) is 3.38. The second kappa shape index (κ2) is 8.62. The van der Waals surface area contributed by atoms with Gasteiger partial charge in [-0.3, -0.25) is 9.79 Å². The lowest BCUT2D eigenvalue weighted by molar-refractivity contribution is 0.103. The predicted molar refractivity (Wildman–Crippen MR) is 137 cm³/mol. The molecule has 1 aromatic heterocycles. The van der Waals surface area contributed by atoms with Gasteiger partial charge in [-0.05, 0) is 79.9 Å². The third-order valence-corrected chi connectivity index (χ3v) is 6.70. The highest BCUT2D eigenvalue weighted by molar-refractivity contribution is 9.10. The summed E-state index contributed by atoms with van der Waals surface area (Å²) in [5.41, 5.74) is 3.57. The average molecular weight is 581 g/mol. The number of carbonyl (C=O) groups is 1.